The number of hydrogen-bond acceptors (Lipinski definition) is 3. The van der Waals surface area contributed by atoms with Crippen LogP contribution in [0.1, 0.15) is 12.8 Å². The summed E-state index contributed by atoms with van der Waals surface area (Å²) in [6.45, 7) is 1.02. The Morgan fingerprint density at radius 3 is 2.57 bits per heavy atom. The molecule has 1 fully saturated rings. The lowest BCUT2D eigenvalue weighted by molar-refractivity contribution is -0.130. The summed E-state index contributed by atoms with van der Waals surface area (Å²) in [5, 5.41) is 0. The molecular formula is C13H16BrFN2O3S. The molecule has 1 saturated heterocycles. The molecule has 1 aromatic rings. The minimum atomic E-state index is -4.02. The van der Waals surface area contributed by atoms with Gasteiger partial charge in [0.1, 0.15) is 10.7 Å². The fourth-order valence-corrected chi connectivity index (χ4v) is 3.69. The first-order valence-electron chi connectivity index (χ1n) is 6.51. The van der Waals surface area contributed by atoms with Crippen molar-refractivity contribution in [2.24, 2.45) is 0 Å². The number of halogens is 2. The monoisotopic (exact) mass is 378 g/mol. The lowest BCUT2D eigenvalue weighted by Gasteiger charge is -2.21. The fraction of sp³-hybridized carbons (Fsp3) is 0.462. The number of likely N-dealkylation sites (N-methyl/N-ethyl adjacent to an activating group) is 1. The molecule has 0 spiro atoms. The Kier molecular flexibility index (Phi) is 5.00. The molecule has 8 heteroatoms. The van der Waals surface area contributed by atoms with Crippen LogP contribution < -0.4 is 0 Å². The van der Waals surface area contributed by atoms with E-state index in [4.69, 9.17) is 0 Å². The summed E-state index contributed by atoms with van der Waals surface area (Å²) in [5.41, 5.74) is 0. The van der Waals surface area contributed by atoms with Crippen molar-refractivity contribution in [3.8, 4) is 0 Å². The van der Waals surface area contributed by atoms with E-state index in [0.29, 0.717) is 17.6 Å². The molecule has 116 valence electrons. The minimum absolute atomic E-state index is 0.254. The molecule has 0 N–H and O–H groups in total. The molecule has 0 aromatic heterocycles. The Morgan fingerprint density at radius 1 is 1.38 bits per heavy atom. The van der Waals surface area contributed by atoms with Gasteiger partial charge in [0.15, 0.2) is 0 Å². The van der Waals surface area contributed by atoms with E-state index in [-0.39, 0.29) is 12.5 Å². The van der Waals surface area contributed by atoms with E-state index in [1.807, 2.05) is 0 Å². The molecule has 0 radical (unpaired) electrons. The van der Waals surface area contributed by atoms with Crippen LogP contribution in [0.15, 0.2) is 27.6 Å². The first kappa shape index (κ1) is 16.4. The van der Waals surface area contributed by atoms with Crippen LogP contribution in [0.3, 0.4) is 0 Å². The van der Waals surface area contributed by atoms with Gasteiger partial charge in [0.2, 0.25) is 15.9 Å². The number of carbonyl (C=O) groups excluding carboxylic acids is 1. The molecule has 0 unspecified atom stereocenters. The Hall–Kier alpha value is -0.990. The molecule has 1 amide bonds. The number of sulfonamides is 1. The van der Waals surface area contributed by atoms with Gasteiger partial charge in [0, 0.05) is 24.6 Å². The van der Waals surface area contributed by atoms with Crippen LogP contribution in [0.25, 0.3) is 0 Å². The van der Waals surface area contributed by atoms with E-state index in [1.165, 1.54) is 19.2 Å². The van der Waals surface area contributed by atoms with Crippen molar-refractivity contribution in [2.45, 2.75) is 17.7 Å². The second-order valence-corrected chi connectivity index (χ2v) is 7.85. The number of nitrogens with zero attached hydrogens (tertiary/aromatic N) is 2. The van der Waals surface area contributed by atoms with E-state index in [2.05, 4.69) is 15.9 Å². The van der Waals surface area contributed by atoms with Gasteiger partial charge in [-0.15, -0.1) is 0 Å². The summed E-state index contributed by atoms with van der Waals surface area (Å²) in [7, 11) is -2.74. The van der Waals surface area contributed by atoms with Gasteiger partial charge in [0.05, 0.1) is 6.54 Å². The molecule has 0 saturated carbocycles. The number of amides is 1. The molecule has 5 nitrogen and oxygen atoms in total. The molecule has 0 bridgehead atoms. The van der Waals surface area contributed by atoms with Gasteiger partial charge in [-0.05, 0) is 31.0 Å². The van der Waals surface area contributed by atoms with Crippen LogP contribution in [-0.2, 0) is 14.8 Å². The van der Waals surface area contributed by atoms with Crippen LogP contribution in [0.4, 0.5) is 4.39 Å². The van der Waals surface area contributed by atoms with Crippen molar-refractivity contribution in [2.75, 3.05) is 26.7 Å². The second-order valence-electron chi connectivity index (χ2n) is 4.92. The van der Waals surface area contributed by atoms with E-state index < -0.39 is 20.7 Å². The zero-order valence-corrected chi connectivity index (χ0v) is 14.0. The predicted molar refractivity (Wildman–Crippen MR) is 79.7 cm³/mol. The van der Waals surface area contributed by atoms with Gasteiger partial charge in [-0.1, -0.05) is 15.9 Å². The third-order valence-corrected chi connectivity index (χ3v) is 5.73. The van der Waals surface area contributed by atoms with Crippen LogP contribution in [0, 0.1) is 5.82 Å². The maximum atomic E-state index is 13.8. The smallest absolute Gasteiger partial charge is 0.246 e. The van der Waals surface area contributed by atoms with Gasteiger partial charge in [-0.3, -0.25) is 4.79 Å². The normalized spacial score (nSPS) is 15.7. The lowest BCUT2D eigenvalue weighted by Crippen LogP contribution is -2.40. The van der Waals surface area contributed by atoms with Crippen molar-refractivity contribution in [1.29, 1.82) is 0 Å². The Balaban J connectivity index is 2.16. The van der Waals surface area contributed by atoms with Crippen LogP contribution in [0.5, 0.6) is 0 Å². The summed E-state index contributed by atoms with van der Waals surface area (Å²) in [6, 6.07) is 3.72. The van der Waals surface area contributed by atoms with E-state index in [9.17, 15) is 17.6 Å². The number of carbonyl (C=O) groups is 1. The highest BCUT2D eigenvalue weighted by Crippen LogP contribution is 2.22. The molecule has 1 aromatic carbocycles. The highest BCUT2D eigenvalue weighted by Gasteiger charge is 2.28. The topological polar surface area (TPSA) is 57.7 Å². The number of rotatable bonds is 4. The maximum absolute atomic E-state index is 13.8. The molecule has 1 aliphatic rings. The average molecular weight is 379 g/mol. The third kappa shape index (κ3) is 3.61. The van der Waals surface area contributed by atoms with Gasteiger partial charge >= 0.3 is 0 Å². The minimum Gasteiger partial charge on any atom is -0.342 e. The molecular weight excluding hydrogens is 363 g/mol. The van der Waals surface area contributed by atoms with E-state index in [1.54, 1.807) is 4.90 Å². The summed E-state index contributed by atoms with van der Waals surface area (Å²) in [4.78, 5) is 13.2. The largest absolute Gasteiger partial charge is 0.342 e. The van der Waals surface area contributed by atoms with Gasteiger partial charge in [0.25, 0.3) is 0 Å². The first-order chi connectivity index (χ1) is 9.82. The highest BCUT2D eigenvalue weighted by atomic mass is 79.9. The predicted octanol–water partition coefficient (Wildman–Crippen LogP) is 1.83. The number of hydrogen-bond donors (Lipinski definition) is 0. The molecule has 0 aliphatic carbocycles. The fourth-order valence-electron chi connectivity index (χ4n) is 2.19. The Morgan fingerprint density at radius 2 is 2.00 bits per heavy atom. The van der Waals surface area contributed by atoms with E-state index >= 15 is 0 Å². The second kappa shape index (κ2) is 6.41. The van der Waals surface area contributed by atoms with Gasteiger partial charge in [-0.25, -0.2) is 12.8 Å². The molecule has 21 heavy (non-hydrogen) atoms. The zero-order chi connectivity index (χ0) is 15.6. The number of likely N-dealkylation sites (tertiary alicyclic amines) is 1. The lowest BCUT2D eigenvalue weighted by atomic mass is 10.3. The summed E-state index contributed by atoms with van der Waals surface area (Å²) in [6.07, 6.45) is 1.87. The van der Waals surface area contributed by atoms with Crippen LogP contribution >= 0.6 is 15.9 Å². The van der Waals surface area contributed by atoms with Crippen LogP contribution in [-0.4, -0.2) is 50.2 Å². The van der Waals surface area contributed by atoms with Crippen molar-refractivity contribution in [1.82, 2.24) is 9.21 Å². The number of benzene rings is 1. The maximum Gasteiger partial charge on any atom is 0.246 e. The molecule has 1 heterocycles. The Bertz CT molecular complexity index is 645. The van der Waals surface area contributed by atoms with Crippen LogP contribution in [0.2, 0.25) is 0 Å². The molecule has 0 atom stereocenters. The summed E-state index contributed by atoms with van der Waals surface area (Å²) >= 11 is 3.08. The third-order valence-electron chi connectivity index (χ3n) is 3.40. The zero-order valence-electron chi connectivity index (χ0n) is 11.6. The van der Waals surface area contributed by atoms with Crippen molar-refractivity contribution < 1.29 is 17.6 Å². The highest BCUT2D eigenvalue weighted by molar-refractivity contribution is 9.10. The van der Waals surface area contributed by atoms with Crippen molar-refractivity contribution in [3.05, 3.63) is 28.5 Å². The average Bonchev–Trinajstić information content (AvgIpc) is 2.91. The SMILES string of the molecule is CN(CC(=O)N1CCCC1)S(=O)(=O)c1ccc(Br)cc1F. The summed E-state index contributed by atoms with van der Waals surface area (Å²) in [5.74, 6) is -1.10. The summed E-state index contributed by atoms with van der Waals surface area (Å²) < 4.78 is 39.8. The standard InChI is InChI=1S/C13H16BrFN2O3S/c1-16(9-13(18)17-6-2-3-7-17)21(19,20)12-5-4-10(14)8-11(12)15/h4-5,8H,2-3,6-7,9H2,1H3. The van der Waals surface area contributed by atoms with Crippen molar-refractivity contribution >= 4 is 31.9 Å². The molecule has 2 rings (SSSR count). The molecule has 1 aliphatic heterocycles. The van der Waals surface area contributed by atoms with Gasteiger partial charge in [-0.2, -0.15) is 4.31 Å². The van der Waals surface area contributed by atoms with E-state index in [0.717, 1.165) is 23.2 Å². The first-order valence-corrected chi connectivity index (χ1v) is 8.75. The Labute approximate surface area is 131 Å². The quantitative estimate of drug-likeness (QED) is 0.802. The van der Waals surface area contributed by atoms with Crippen molar-refractivity contribution in [3.63, 3.8) is 0 Å². The van der Waals surface area contributed by atoms with Gasteiger partial charge < -0.3 is 4.90 Å².